The number of rotatable bonds is 4. The molecule has 0 aliphatic carbocycles. The molecule has 1 fully saturated rings. The van der Waals surface area contributed by atoms with Crippen molar-refractivity contribution in [1.82, 2.24) is 0 Å². The van der Waals surface area contributed by atoms with Crippen LogP contribution in [0, 0.1) is 0 Å². The molecule has 2 atom stereocenters. The van der Waals surface area contributed by atoms with Crippen molar-refractivity contribution in [3.05, 3.63) is 65.7 Å². The summed E-state index contributed by atoms with van der Waals surface area (Å²) in [7, 11) is -3.45. The Balaban J connectivity index is 1.85. The lowest BCUT2D eigenvalue weighted by Crippen LogP contribution is -2.43. The van der Waals surface area contributed by atoms with Crippen molar-refractivity contribution in [2.45, 2.75) is 36.0 Å². The van der Waals surface area contributed by atoms with Gasteiger partial charge in [0.15, 0.2) is 5.44 Å². The largest absolute Gasteiger partial charge is 0.360 e. The van der Waals surface area contributed by atoms with Gasteiger partial charge in [-0.3, -0.25) is 0 Å². The van der Waals surface area contributed by atoms with Crippen molar-refractivity contribution >= 4 is 9.84 Å². The van der Waals surface area contributed by atoms with Gasteiger partial charge in [-0.1, -0.05) is 56.3 Å². The molecule has 2 aromatic rings. The van der Waals surface area contributed by atoms with Gasteiger partial charge in [-0.15, -0.1) is 0 Å². The van der Waals surface area contributed by atoms with Gasteiger partial charge >= 0.3 is 0 Å². The average Bonchev–Trinajstić information content (AvgIpc) is 2.47. The van der Waals surface area contributed by atoms with E-state index in [1.807, 2.05) is 18.2 Å². The van der Waals surface area contributed by atoms with Crippen LogP contribution >= 0.6 is 0 Å². The summed E-state index contributed by atoms with van der Waals surface area (Å²) in [6, 6.07) is 16.7. The molecule has 2 aromatic carbocycles. The number of hydrogen-bond donors (Lipinski definition) is 0. The monoisotopic (exact) mass is 316 g/mol. The second kappa shape index (κ2) is 5.86. The van der Waals surface area contributed by atoms with Gasteiger partial charge < -0.3 is 4.74 Å². The minimum atomic E-state index is -3.45. The minimum absolute atomic E-state index is 0.0913. The van der Waals surface area contributed by atoms with E-state index in [0.29, 0.717) is 17.4 Å². The molecule has 22 heavy (non-hydrogen) atoms. The first kappa shape index (κ1) is 15.3. The van der Waals surface area contributed by atoms with Gasteiger partial charge in [0.25, 0.3) is 0 Å². The SMILES string of the molecule is CC(C)c1ccc([C@@H]2CO[C@@H]2S(=O)(=O)c2ccccc2)cc1. The lowest BCUT2D eigenvalue weighted by Gasteiger charge is -2.36. The minimum Gasteiger partial charge on any atom is -0.360 e. The summed E-state index contributed by atoms with van der Waals surface area (Å²) in [6.45, 7) is 4.74. The topological polar surface area (TPSA) is 43.4 Å². The predicted octanol–water partition coefficient (Wildman–Crippen LogP) is 3.72. The van der Waals surface area contributed by atoms with Crippen LogP contribution in [0.25, 0.3) is 0 Å². The average molecular weight is 316 g/mol. The Bertz CT molecular complexity index is 734. The highest BCUT2D eigenvalue weighted by Crippen LogP contribution is 2.37. The summed E-state index contributed by atoms with van der Waals surface area (Å²) in [4.78, 5) is 0.323. The molecule has 0 radical (unpaired) electrons. The summed E-state index contributed by atoms with van der Waals surface area (Å²) in [5.41, 5.74) is 1.51. The predicted molar refractivity (Wildman–Crippen MR) is 86.6 cm³/mol. The highest BCUT2D eigenvalue weighted by molar-refractivity contribution is 7.92. The smallest absolute Gasteiger partial charge is 0.205 e. The van der Waals surface area contributed by atoms with Crippen LogP contribution in [0.3, 0.4) is 0 Å². The van der Waals surface area contributed by atoms with E-state index < -0.39 is 15.3 Å². The number of ether oxygens (including phenoxy) is 1. The molecule has 0 unspecified atom stereocenters. The van der Waals surface area contributed by atoms with Crippen molar-refractivity contribution in [2.24, 2.45) is 0 Å². The standard InChI is InChI=1S/C18H20O3S/c1-13(2)14-8-10-15(11-9-14)17-12-21-18(17)22(19,20)16-6-4-3-5-7-16/h3-11,13,17-18H,12H2,1-2H3/t17-,18+/m0/s1. The van der Waals surface area contributed by atoms with Crippen LogP contribution in [0.1, 0.15) is 36.8 Å². The molecule has 0 aromatic heterocycles. The number of sulfone groups is 1. The third kappa shape index (κ3) is 2.69. The van der Waals surface area contributed by atoms with Gasteiger partial charge in [0.2, 0.25) is 9.84 Å². The molecule has 0 amide bonds. The summed E-state index contributed by atoms with van der Waals surface area (Å²) in [6.07, 6.45) is 0. The zero-order valence-electron chi connectivity index (χ0n) is 12.8. The third-order valence-corrected chi connectivity index (χ3v) is 6.18. The molecule has 1 heterocycles. The first-order valence-corrected chi connectivity index (χ1v) is 9.05. The molecule has 4 heteroatoms. The van der Waals surface area contributed by atoms with Gasteiger partial charge in [0.05, 0.1) is 11.5 Å². The third-order valence-electron chi connectivity index (χ3n) is 4.18. The zero-order valence-corrected chi connectivity index (χ0v) is 13.6. The molecule has 0 N–H and O–H groups in total. The molecular formula is C18H20O3S. The van der Waals surface area contributed by atoms with Crippen molar-refractivity contribution in [2.75, 3.05) is 6.61 Å². The molecule has 3 nitrogen and oxygen atoms in total. The van der Waals surface area contributed by atoms with Gasteiger partial charge in [0, 0.05) is 5.92 Å². The maximum atomic E-state index is 12.6. The van der Waals surface area contributed by atoms with Crippen molar-refractivity contribution < 1.29 is 13.2 Å². The van der Waals surface area contributed by atoms with Crippen LogP contribution in [0.4, 0.5) is 0 Å². The Morgan fingerprint density at radius 1 is 1.00 bits per heavy atom. The van der Waals surface area contributed by atoms with E-state index in [2.05, 4.69) is 26.0 Å². The molecule has 0 saturated carbocycles. The quantitative estimate of drug-likeness (QED) is 0.863. The Morgan fingerprint density at radius 2 is 1.64 bits per heavy atom. The molecule has 3 rings (SSSR count). The zero-order chi connectivity index (χ0) is 15.7. The van der Waals surface area contributed by atoms with E-state index in [-0.39, 0.29) is 5.92 Å². The van der Waals surface area contributed by atoms with Gasteiger partial charge in [-0.05, 0) is 29.2 Å². The van der Waals surface area contributed by atoms with Crippen molar-refractivity contribution in [3.63, 3.8) is 0 Å². The molecule has 0 spiro atoms. The van der Waals surface area contributed by atoms with E-state index in [9.17, 15) is 8.42 Å². The number of hydrogen-bond acceptors (Lipinski definition) is 3. The van der Waals surface area contributed by atoms with E-state index in [1.165, 1.54) is 5.56 Å². The molecular weight excluding hydrogens is 296 g/mol. The molecule has 116 valence electrons. The highest BCUT2D eigenvalue weighted by Gasteiger charge is 2.43. The van der Waals surface area contributed by atoms with Crippen LogP contribution in [-0.4, -0.2) is 20.5 Å². The Morgan fingerprint density at radius 3 is 2.14 bits per heavy atom. The van der Waals surface area contributed by atoms with Crippen LogP contribution in [0.2, 0.25) is 0 Å². The summed E-state index contributed by atoms with van der Waals surface area (Å²) in [5, 5.41) is 0. The number of benzene rings is 2. The molecule has 1 saturated heterocycles. The van der Waals surface area contributed by atoms with Crippen LogP contribution in [0.5, 0.6) is 0 Å². The van der Waals surface area contributed by atoms with Crippen LogP contribution < -0.4 is 0 Å². The summed E-state index contributed by atoms with van der Waals surface area (Å²) < 4.78 is 30.7. The van der Waals surface area contributed by atoms with E-state index in [0.717, 1.165) is 5.56 Å². The Hall–Kier alpha value is -1.65. The lowest BCUT2D eigenvalue weighted by molar-refractivity contribution is -0.0245. The van der Waals surface area contributed by atoms with Crippen molar-refractivity contribution in [1.29, 1.82) is 0 Å². The molecule has 1 aliphatic heterocycles. The lowest BCUT2D eigenvalue weighted by atomic mass is 9.94. The Labute approximate surface area is 131 Å². The fraction of sp³-hybridized carbons (Fsp3) is 0.333. The van der Waals surface area contributed by atoms with Gasteiger partial charge in [-0.2, -0.15) is 0 Å². The summed E-state index contributed by atoms with van der Waals surface area (Å²) >= 11 is 0. The second-order valence-corrected chi connectivity index (χ2v) is 8.01. The first-order valence-electron chi connectivity index (χ1n) is 7.50. The van der Waals surface area contributed by atoms with Crippen molar-refractivity contribution in [3.8, 4) is 0 Å². The second-order valence-electron chi connectivity index (χ2n) is 5.99. The normalized spacial score (nSPS) is 21.6. The van der Waals surface area contributed by atoms with E-state index in [1.54, 1.807) is 24.3 Å². The highest BCUT2D eigenvalue weighted by atomic mass is 32.2. The van der Waals surface area contributed by atoms with Crippen LogP contribution in [-0.2, 0) is 14.6 Å². The fourth-order valence-corrected chi connectivity index (χ4v) is 4.43. The van der Waals surface area contributed by atoms with E-state index >= 15 is 0 Å². The van der Waals surface area contributed by atoms with Crippen LogP contribution in [0.15, 0.2) is 59.5 Å². The van der Waals surface area contributed by atoms with Gasteiger partial charge in [0.1, 0.15) is 0 Å². The molecule has 1 aliphatic rings. The molecule has 0 bridgehead atoms. The van der Waals surface area contributed by atoms with Gasteiger partial charge in [-0.25, -0.2) is 8.42 Å². The summed E-state index contributed by atoms with van der Waals surface area (Å²) in [5.74, 6) is 0.377. The van der Waals surface area contributed by atoms with E-state index in [4.69, 9.17) is 4.74 Å². The first-order chi connectivity index (χ1) is 10.5. The maximum Gasteiger partial charge on any atom is 0.205 e. The Kier molecular flexibility index (Phi) is 4.06. The maximum absolute atomic E-state index is 12.6. The fourth-order valence-electron chi connectivity index (χ4n) is 2.70.